The van der Waals surface area contributed by atoms with Crippen LogP contribution in [0.25, 0.3) is 17.0 Å². The van der Waals surface area contributed by atoms with Gasteiger partial charge in [-0.2, -0.15) is 13.2 Å². The van der Waals surface area contributed by atoms with Crippen LogP contribution in [0.15, 0.2) is 35.7 Å². The summed E-state index contributed by atoms with van der Waals surface area (Å²) in [7, 11) is -2.62. The van der Waals surface area contributed by atoms with Crippen molar-refractivity contribution < 1.29 is 26.3 Å². The Morgan fingerprint density at radius 3 is 2.61 bits per heavy atom. The topological polar surface area (TPSA) is 86.5 Å². The fraction of sp³-hybridized carbons (Fsp3) is 0.312. The summed E-state index contributed by atoms with van der Waals surface area (Å²) < 4.78 is 68.9. The van der Waals surface area contributed by atoms with Gasteiger partial charge in [-0.3, -0.25) is 12.8 Å². The average Bonchev–Trinajstić information content (AvgIpc) is 3.07. The highest BCUT2D eigenvalue weighted by atomic mass is 32.2. The van der Waals surface area contributed by atoms with Gasteiger partial charge in [0.15, 0.2) is 5.94 Å². The van der Waals surface area contributed by atoms with Crippen molar-refractivity contribution in [2.75, 3.05) is 17.9 Å². The lowest BCUT2D eigenvalue weighted by Gasteiger charge is -2.09. The van der Waals surface area contributed by atoms with E-state index in [0.29, 0.717) is 16.4 Å². The van der Waals surface area contributed by atoms with Crippen LogP contribution in [-0.4, -0.2) is 45.7 Å². The van der Waals surface area contributed by atoms with E-state index in [-0.39, 0.29) is 23.0 Å². The molecule has 0 aliphatic carbocycles. The summed E-state index contributed by atoms with van der Waals surface area (Å²) in [6.45, 7) is 1.72. The second-order valence-electron chi connectivity index (χ2n) is 5.65. The highest BCUT2D eigenvalue weighted by molar-refractivity contribution is 7.85. The molecule has 3 aromatic rings. The number of alkyl halides is 3. The number of ether oxygens (including phenoxy) is 1. The van der Waals surface area contributed by atoms with Crippen LogP contribution in [0.5, 0.6) is 5.75 Å². The number of hydrogen-bond acceptors (Lipinski definition) is 6. The monoisotopic (exact) mass is 432 g/mol. The van der Waals surface area contributed by atoms with E-state index < -0.39 is 33.5 Å². The molecule has 0 bridgehead atoms. The second-order valence-corrected chi connectivity index (χ2v) is 8.74. The molecule has 2 unspecified atom stereocenters. The minimum absolute atomic E-state index is 0.0362. The maximum absolute atomic E-state index is 12.8. The molecular weight excluding hydrogens is 417 g/mol. The number of fused-ring (bicyclic) bond motifs is 1. The molecule has 0 aliphatic heterocycles. The van der Waals surface area contributed by atoms with Gasteiger partial charge in [-0.25, -0.2) is 15.0 Å². The molecule has 0 fully saturated rings. The van der Waals surface area contributed by atoms with Crippen LogP contribution in [0.3, 0.4) is 0 Å². The summed E-state index contributed by atoms with van der Waals surface area (Å²) in [5, 5.41) is 0. The molecule has 3 rings (SSSR count). The van der Waals surface area contributed by atoms with Crippen LogP contribution in [0.1, 0.15) is 12.6 Å². The molecule has 0 radical (unpaired) electrons. The molecule has 150 valence electrons. The molecule has 2 atom stereocenters. The van der Waals surface area contributed by atoms with Gasteiger partial charge in [-0.05, 0) is 0 Å². The number of nitrogens with zero attached hydrogens (tertiary/aromatic N) is 4. The summed E-state index contributed by atoms with van der Waals surface area (Å²) in [6.07, 6.45) is 0.732. The van der Waals surface area contributed by atoms with Crippen molar-refractivity contribution >= 4 is 27.2 Å². The third kappa shape index (κ3) is 4.38. The fourth-order valence-corrected chi connectivity index (χ4v) is 3.57. The average molecular weight is 432 g/mol. The van der Waals surface area contributed by atoms with Gasteiger partial charge in [-0.15, -0.1) is 0 Å². The lowest BCUT2D eigenvalue weighted by molar-refractivity contribution is -0.141. The first-order chi connectivity index (χ1) is 13.2. The summed E-state index contributed by atoms with van der Waals surface area (Å²) in [6, 6.07) is 2.34. The van der Waals surface area contributed by atoms with Gasteiger partial charge >= 0.3 is 6.18 Å². The minimum atomic E-state index is -4.58. The van der Waals surface area contributed by atoms with Crippen molar-refractivity contribution in [2.24, 2.45) is 0 Å². The highest BCUT2D eigenvalue weighted by Crippen LogP contribution is 2.30. The number of pyridine rings is 1. The van der Waals surface area contributed by atoms with Gasteiger partial charge in [0.1, 0.15) is 34.8 Å². The summed E-state index contributed by atoms with van der Waals surface area (Å²) in [5.74, 6) is 0.547. The van der Waals surface area contributed by atoms with Crippen molar-refractivity contribution in [3.8, 4) is 17.1 Å². The molecule has 7 nitrogen and oxygen atoms in total. The SMILES string of the molecule is CCS(=O)c1cc(OCS(C)=O)cnc1-c1cn2cnc(C(F)(F)F)cc2n1. The van der Waals surface area contributed by atoms with E-state index in [9.17, 15) is 21.6 Å². The third-order valence-corrected chi connectivity index (χ3v) is 5.38. The molecule has 0 amide bonds. The van der Waals surface area contributed by atoms with Crippen LogP contribution in [0.4, 0.5) is 13.2 Å². The van der Waals surface area contributed by atoms with E-state index in [4.69, 9.17) is 4.74 Å². The maximum Gasteiger partial charge on any atom is 0.433 e. The molecule has 3 aromatic heterocycles. The van der Waals surface area contributed by atoms with Gasteiger partial charge in [-0.1, -0.05) is 6.92 Å². The van der Waals surface area contributed by atoms with Crippen molar-refractivity contribution in [1.82, 2.24) is 19.4 Å². The smallest absolute Gasteiger partial charge is 0.433 e. The van der Waals surface area contributed by atoms with E-state index in [1.165, 1.54) is 29.1 Å². The van der Waals surface area contributed by atoms with Crippen molar-refractivity contribution in [1.29, 1.82) is 0 Å². The van der Waals surface area contributed by atoms with Crippen molar-refractivity contribution in [3.63, 3.8) is 0 Å². The Hall–Kier alpha value is -2.34. The number of hydrogen-bond donors (Lipinski definition) is 0. The molecule has 0 spiro atoms. The second kappa shape index (κ2) is 7.95. The first-order valence-electron chi connectivity index (χ1n) is 7.92. The van der Waals surface area contributed by atoms with Crippen molar-refractivity contribution in [2.45, 2.75) is 18.0 Å². The Morgan fingerprint density at radius 2 is 1.96 bits per heavy atom. The summed E-state index contributed by atoms with van der Waals surface area (Å²) >= 11 is 0. The molecule has 12 heteroatoms. The van der Waals surface area contributed by atoms with E-state index >= 15 is 0 Å². The zero-order valence-electron chi connectivity index (χ0n) is 14.8. The van der Waals surface area contributed by atoms with E-state index in [2.05, 4.69) is 15.0 Å². The molecule has 0 saturated carbocycles. The maximum atomic E-state index is 12.8. The molecule has 3 heterocycles. The van der Waals surface area contributed by atoms with Crippen LogP contribution in [0.2, 0.25) is 0 Å². The third-order valence-electron chi connectivity index (χ3n) is 3.61. The lowest BCUT2D eigenvalue weighted by atomic mass is 10.3. The fourth-order valence-electron chi connectivity index (χ4n) is 2.34. The van der Waals surface area contributed by atoms with Crippen LogP contribution < -0.4 is 4.74 Å². The van der Waals surface area contributed by atoms with Gasteiger partial charge < -0.3 is 4.74 Å². The Kier molecular flexibility index (Phi) is 5.79. The largest absolute Gasteiger partial charge is 0.479 e. The van der Waals surface area contributed by atoms with Crippen LogP contribution in [0, 0.1) is 0 Å². The highest BCUT2D eigenvalue weighted by Gasteiger charge is 2.33. The molecule has 28 heavy (non-hydrogen) atoms. The van der Waals surface area contributed by atoms with Crippen LogP contribution >= 0.6 is 0 Å². The van der Waals surface area contributed by atoms with Gasteiger partial charge in [0.05, 0.1) is 32.7 Å². The van der Waals surface area contributed by atoms with Gasteiger partial charge in [0.2, 0.25) is 0 Å². The molecule has 0 aromatic carbocycles. The summed E-state index contributed by atoms with van der Waals surface area (Å²) in [5.41, 5.74) is -0.501. The lowest BCUT2D eigenvalue weighted by Crippen LogP contribution is -2.08. The zero-order chi connectivity index (χ0) is 20.5. The Morgan fingerprint density at radius 1 is 1.21 bits per heavy atom. The normalized spacial score (nSPS) is 14.2. The summed E-state index contributed by atoms with van der Waals surface area (Å²) in [4.78, 5) is 12.1. The molecule has 0 N–H and O–H groups in total. The Bertz CT molecular complexity index is 1070. The molecule has 0 saturated heterocycles. The molecule has 0 aliphatic rings. The Labute approximate surface area is 162 Å². The Balaban J connectivity index is 2.06. The number of aromatic nitrogens is 4. The van der Waals surface area contributed by atoms with Crippen LogP contribution in [-0.2, 0) is 27.8 Å². The van der Waals surface area contributed by atoms with Gasteiger partial charge in [0.25, 0.3) is 0 Å². The first kappa shape index (κ1) is 20.4. The van der Waals surface area contributed by atoms with E-state index in [1.807, 2.05) is 0 Å². The first-order valence-corrected chi connectivity index (χ1v) is 11.0. The van der Waals surface area contributed by atoms with E-state index in [0.717, 1.165) is 12.4 Å². The zero-order valence-corrected chi connectivity index (χ0v) is 16.4. The van der Waals surface area contributed by atoms with Gasteiger partial charge in [0, 0.05) is 30.3 Å². The van der Waals surface area contributed by atoms with Crippen molar-refractivity contribution in [3.05, 3.63) is 36.5 Å². The standard InChI is InChI=1S/C16H15F3N4O3S2/c1-3-28(25)12-4-10(26-9-27(2)24)6-20-15(12)11-7-23-8-21-13(16(17,18)19)5-14(23)22-11/h4-8H,3,9H2,1-2H3. The number of imidazole rings is 1. The predicted octanol–water partition coefficient (Wildman–Crippen LogP) is 2.65. The molecular formula is C16H15F3N4O3S2. The van der Waals surface area contributed by atoms with E-state index in [1.54, 1.807) is 6.92 Å². The quantitative estimate of drug-likeness (QED) is 0.595. The number of halogens is 3. The number of rotatable bonds is 6. The minimum Gasteiger partial charge on any atom is -0.479 e. The predicted molar refractivity (Wildman–Crippen MR) is 97.7 cm³/mol.